The second kappa shape index (κ2) is 14.9. The van der Waals surface area contributed by atoms with Crippen LogP contribution < -0.4 is 0 Å². The van der Waals surface area contributed by atoms with Crippen molar-refractivity contribution in [3.8, 4) is 12.3 Å². The summed E-state index contributed by atoms with van der Waals surface area (Å²) in [4.78, 5) is 35.5. The van der Waals surface area contributed by atoms with E-state index in [1.807, 2.05) is 5.92 Å². The van der Waals surface area contributed by atoms with Gasteiger partial charge in [-0.05, 0) is 19.3 Å². The fraction of sp³-hybridized carbons (Fsp3) is 0.632. The summed E-state index contributed by atoms with van der Waals surface area (Å²) in [5.41, 5.74) is -0.286. The summed E-state index contributed by atoms with van der Waals surface area (Å²) in [7, 11) is 2.95. The molecule has 0 unspecified atom stereocenters. The first-order valence-electron chi connectivity index (χ1n) is 9.44. The Labute approximate surface area is 174 Å². The molecule has 0 amide bonds. The van der Waals surface area contributed by atoms with Gasteiger partial charge in [-0.3, -0.25) is 0 Å². The van der Waals surface area contributed by atoms with Crippen LogP contribution in [0.3, 0.4) is 0 Å². The molecule has 1 heterocycles. The van der Waals surface area contributed by atoms with Crippen LogP contribution in [-0.2, 0) is 35.0 Å². The lowest BCUT2D eigenvalue weighted by atomic mass is 10.2. The number of hydrogen-bond acceptors (Lipinski definition) is 10. The second-order valence-electron chi connectivity index (χ2n) is 5.96. The summed E-state index contributed by atoms with van der Waals surface area (Å²) in [6.45, 7) is 1.06. The Bertz CT molecular complexity index is 726. The molecule has 0 aromatic carbocycles. The number of aromatic nitrogens is 3. The van der Waals surface area contributed by atoms with Crippen LogP contribution in [0.15, 0.2) is 0 Å². The quantitative estimate of drug-likeness (QED) is 0.130. The maximum Gasteiger partial charge on any atom is 0.384 e. The van der Waals surface area contributed by atoms with Crippen LogP contribution in [0.25, 0.3) is 0 Å². The number of methoxy groups -OCH3 is 2. The number of esters is 3. The number of terminal acetylenes is 1. The SMILES string of the molecule is C#CC(=O)OCCCCCCn1nnc(C(=O)OCCOC)c1C(=O)OCCOC. The van der Waals surface area contributed by atoms with E-state index in [1.165, 1.54) is 18.9 Å². The summed E-state index contributed by atoms with van der Waals surface area (Å²) in [6, 6.07) is 0. The van der Waals surface area contributed by atoms with Gasteiger partial charge in [-0.15, -0.1) is 11.5 Å². The van der Waals surface area contributed by atoms with Gasteiger partial charge in [0.05, 0.1) is 19.8 Å². The molecule has 11 nitrogen and oxygen atoms in total. The summed E-state index contributed by atoms with van der Waals surface area (Å²) in [5, 5.41) is 7.68. The van der Waals surface area contributed by atoms with Crippen LogP contribution in [0.1, 0.15) is 46.7 Å². The molecule has 1 aromatic heterocycles. The highest BCUT2D eigenvalue weighted by Gasteiger charge is 2.27. The topological polar surface area (TPSA) is 128 Å². The third kappa shape index (κ3) is 9.02. The van der Waals surface area contributed by atoms with Crippen molar-refractivity contribution in [3.63, 3.8) is 0 Å². The van der Waals surface area contributed by atoms with E-state index in [2.05, 4.69) is 10.3 Å². The molecule has 0 aliphatic carbocycles. The molecule has 11 heteroatoms. The number of aryl methyl sites for hydroxylation is 1. The first kappa shape index (κ1) is 25.1. The van der Waals surface area contributed by atoms with Crippen LogP contribution >= 0.6 is 0 Å². The van der Waals surface area contributed by atoms with E-state index in [-0.39, 0.29) is 44.4 Å². The van der Waals surface area contributed by atoms with E-state index in [9.17, 15) is 14.4 Å². The van der Waals surface area contributed by atoms with Crippen LogP contribution in [0.2, 0.25) is 0 Å². The van der Waals surface area contributed by atoms with Gasteiger partial charge in [0.1, 0.15) is 13.2 Å². The van der Waals surface area contributed by atoms with Gasteiger partial charge in [-0.1, -0.05) is 11.6 Å². The summed E-state index contributed by atoms with van der Waals surface area (Å²) < 4.78 is 25.9. The average Bonchev–Trinajstić information content (AvgIpc) is 3.17. The number of ether oxygens (including phenoxy) is 5. The Balaban J connectivity index is 2.65. The Hall–Kier alpha value is -2.97. The zero-order valence-corrected chi connectivity index (χ0v) is 17.3. The highest BCUT2D eigenvalue weighted by molar-refractivity contribution is 6.00. The van der Waals surface area contributed by atoms with Crippen molar-refractivity contribution < 1.29 is 38.1 Å². The van der Waals surface area contributed by atoms with Crippen molar-refractivity contribution >= 4 is 17.9 Å². The summed E-state index contributed by atoms with van der Waals surface area (Å²) in [6.07, 6.45) is 7.79. The lowest BCUT2D eigenvalue weighted by Crippen LogP contribution is -2.20. The Morgan fingerprint density at radius 1 is 0.867 bits per heavy atom. The Morgan fingerprint density at radius 2 is 1.50 bits per heavy atom. The molecular weight excluding hydrogens is 398 g/mol. The van der Waals surface area contributed by atoms with Gasteiger partial charge in [0.15, 0.2) is 5.69 Å². The predicted molar refractivity (Wildman–Crippen MR) is 103 cm³/mol. The van der Waals surface area contributed by atoms with Gasteiger partial charge in [0.2, 0.25) is 5.69 Å². The molecule has 0 spiro atoms. The standard InChI is InChI=1S/C19H27N3O8/c1-4-15(23)28-10-8-6-5-7-9-22-17(19(25)30-14-12-27-3)16(20-21-22)18(24)29-13-11-26-2/h1H,5-14H2,2-3H3. The zero-order valence-electron chi connectivity index (χ0n) is 17.3. The number of rotatable bonds is 15. The molecule has 1 aromatic rings. The minimum Gasteiger partial charge on any atom is -0.458 e. The molecule has 0 radical (unpaired) electrons. The van der Waals surface area contributed by atoms with Gasteiger partial charge in [0.25, 0.3) is 0 Å². The van der Waals surface area contributed by atoms with Gasteiger partial charge in [-0.2, -0.15) is 0 Å². The highest BCUT2D eigenvalue weighted by Crippen LogP contribution is 2.12. The van der Waals surface area contributed by atoms with Crippen molar-refractivity contribution in [1.82, 2.24) is 15.0 Å². The first-order valence-corrected chi connectivity index (χ1v) is 9.44. The van der Waals surface area contributed by atoms with Crippen LogP contribution in [0.5, 0.6) is 0 Å². The van der Waals surface area contributed by atoms with E-state index in [1.54, 1.807) is 0 Å². The minimum absolute atomic E-state index is 0.0185. The predicted octanol–water partition coefficient (Wildman–Crippen LogP) is 0.621. The number of carbonyl (C=O) groups is 3. The molecule has 0 aliphatic heterocycles. The number of carbonyl (C=O) groups excluding carboxylic acids is 3. The molecule has 1 rings (SSSR count). The Morgan fingerprint density at radius 3 is 2.13 bits per heavy atom. The van der Waals surface area contributed by atoms with Crippen LogP contribution in [-0.4, -0.2) is 80.2 Å². The number of hydrogen-bond donors (Lipinski definition) is 0. The third-order valence-electron chi connectivity index (χ3n) is 3.78. The first-order chi connectivity index (χ1) is 14.5. The van der Waals surface area contributed by atoms with Gasteiger partial charge >= 0.3 is 17.9 Å². The van der Waals surface area contributed by atoms with Crippen molar-refractivity contribution in [3.05, 3.63) is 11.4 Å². The molecule has 0 saturated heterocycles. The fourth-order valence-corrected chi connectivity index (χ4v) is 2.30. The maximum absolute atomic E-state index is 12.4. The molecule has 0 fully saturated rings. The molecule has 0 atom stereocenters. The van der Waals surface area contributed by atoms with E-state index < -0.39 is 17.9 Å². The zero-order chi connectivity index (χ0) is 22.2. The number of nitrogens with zero attached hydrogens (tertiary/aromatic N) is 3. The molecule has 0 N–H and O–H groups in total. The lowest BCUT2D eigenvalue weighted by Gasteiger charge is -2.08. The molecular formula is C19H27N3O8. The van der Waals surface area contributed by atoms with E-state index >= 15 is 0 Å². The van der Waals surface area contributed by atoms with Crippen molar-refractivity contribution in [2.75, 3.05) is 47.3 Å². The van der Waals surface area contributed by atoms with E-state index in [0.29, 0.717) is 19.4 Å². The fourth-order valence-electron chi connectivity index (χ4n) is 2.30. The minimum atomic E-state index is -0.785. The normalized spacial score (nSPS) is 10.3. The van der Waals surface area contributed by atoms with Crippen molar-refractivity contribution in [1.29, 1.82) is 0 Å². The van der Waals surface area contributed by atoms with E-state index in [4.69, 9.17) is 30.1 Å². The monoisotopic (exact) mass is 425 g/mol. The summed E-state index contributed by atoms with van der Waals surface area (Å²) in [5.74, 6) is -0.330. The van der Waals surface area contributed by atoms with Gasteiger partial charge in [0, 0.05) is 26.7 Å². The lowest BCUT2D eigenvalue weighted by molar-refractivity contribution is -0.136. The van der Waals surface area contributed by atoms with Gasteiger partial charge < -0.3 is 23.7 Å². The number of unbranched alkanes of at least 4 members (excludes halogenated alkanes) is 3. The second-order valence-corrected chi connectivity index (χ2v) is 5.96. The molecule has 30 heavy (non-hydrogen) atoms. The summed E-state index contributed by atoms with van der Waals surface area (Å²) >= 11 is 0. The van der Waals surface area contributed by atoms with Crippen molar-refractivity contribution in [2.45, 2.75) is 32.2 Å². The average molecular weight is 425 g/mol. The van der Waals surface area contributed by atoms with Gasteiger partial charge in [-0.25, -0.2) is 19.1 Å². The van der Waals surface area contributed by atoms with E-state index in [0.717, 1.165) is 12.8 Å². The van der Waals surface area contributed by atoms with Crippen LogP contribution in [0.4, 0.5) is 0 Å². The van der Waals surface area contributed by atoms with Crippen LogP contribution in [0, 0.1) is 12.3 Å². The molecule has 166 valence electrons. The third-order valence-corrected chi connectivity index (χ3v) is 3.78. The Kier molecular flexibility index (Phi) is 12.5. The maximum atomic E-state index is 12.4. The molecule has 0 bridgehead atoms. The highest BCUT2D eigenvalue weighted by atomic mass is 16.6. The molecule has 0 aliphatic rings. The largest absolute Gasteiger partial charge is 0.458 e. The van der Waals surface area contributed by atoms with Crippen molar-refractivity contribution in [2.24, 2.45) is 0 Å². The molecule has 0 saturated carbocycles. The smallest absolute Gasteiger partial charge is 0.384 e.